The van der Waals surface area contributed by atoms with Crippen molar-refractivity contribution in [2.45, 2.75) is 33.2 Å². The van der Waals surface area contributed by atoms with Crippen LogP contribution in [0.3, 0.4) is 0 Å². The Morgan fingerprint density at radius 1 is 1.08 bits per heavy atom. The summed E-state index contributed by atoms with van der Waals surface area (Å²) in [4.78, 5) is 25.3. The molecule has 0 fully saturated rings. The fourth-order valence-corrected chi connectivity index (χ4v) is 2.44. The molecule has 0 aliphatic rings. The first-order valence-corrected chi connectivity index (χ1v) is 8.25. The van der Waals surface area contributed by atoms with Gasteiger partial charge in [0.05, 0.1) is 0 Å². The molecule has 1 N–H and O–H groups in total. The van der Waals surface area contributed by atoms with E-state index < -0.39 is 5.82 Å². The average Bonchev–Trinajstić information content (AvgIpc) is 2.56. The van der Waals surface area contributed by atoms with Crippen LogP contribution in [0.5, 0.6) is 0 Å². The minimum Gasteiger partial charge on any atom is -0.329 e. The highest BCUT2D eigenvalue weighted by Crippen LogP contribution is 2.17. The standard InChI is InChI=1S/C20H23FN2O2/c1-14(2)16-8-10-18(11-9-16)22-20(25)13-23(15(3)24)12-17-6-4-5-7-19(17)21/h4-11,14H,12-13H2,1-3H3,(H,22,25). The predicted octanol–water partition coefficient (Wildman–Crippen LogP) is 3.94. The van der Waals surface area contributed by atoms with Gasteiger partial charge in [0.15, 0.2) is 0 Å². The zero-order chi connectivity index (χ0) is 18.4. The maximum atomic E-state index is 13.8. The van der Waals surface area contributed by atoms with E-state index in [2.05, 4.69) is 19.2 Å². The second-order valence-electron chi connectivity index (χ2n) is 6.29. The molecule has 2 aromatic carbocycles. The largest absolute Gasteiger partial charge is 0.329 e. The molecular formula is C20H23FN2O2. The van der Waals surface area contributed by atoms with Gasteiger partial charge in [-0.15, -0.1) is 0 Å². The molecule has 0 aliphatic carbocycles. The van der Waals surface area contributed by atoms with Crippen molar-refractivity contribution in [1.82, 2.24) is 4.90 Å². The van der Waals surface area contributed by atoms with Crippen LogP contribution in [0.15, 0.2) is 48.5 Å². The Labute approximate surface area is 147 Å². The topological polar surface area (TPSA) is 49.4 Å². The van der Waals surface area contributed by atoms with Gasteiger partial charge < -0.3 is 10.2 Å². The molecule has 2 amide bonds. The van der Waals surface area contributed by atoms with Gasteiger partial charge in [-0.05, 0) is 29.7 Å². The van der Waals surface area contributed by atoms with Crippen LogP contribution in [-0.2, 0) is 16.1 Å². The molecule has 0 atom stereocenters. The van der Waals surface area contributed by atoms with Crippen molar-refractivity contribution in [1.29, 1.82) is 0 Å². The third-order valence-electron chi connectivity index (χ3n) is 3.96. The van der Waals surface area contributed by atoms with Crippen LogP contribution < -0.4 is 5.32 Å². The van der Waals surface area contributed by atoms with E-state index in [1.165, 1.54) is 23.5 Å². The lowest BCUT2D eigenvalue weighted by Gasteiger charge is -2.21. The van der Waals surface area contributed by atoms with Crippen LogP contribution in [0.2, 0.25) is 0 Å². The van der Waals surface area contributed by atoms with Gasteiger partial charge in [-0.1, -0.05) is 44.2 Å². The van der Waals surface area contributed by atoms with E-state index >= 15 is 0 Å². The molecular weight excluding hydrogens is 319 g/mol. The van der Waals surface area contributed by atoms with E-state index in [4.69, 9.17) is 0 Å². The Kier molecular flexibility index (Phi) is 6.28. The Bertz CT molecular complexity index is 742. The van der Waals surface area contributed by atoms with Gasteiger partial charge in [-0.2, -0.15) is 0 Å². The van der Waals surface area contributed by atoms with E-state index in [1.54, 1.807) is 18.2 Å². The van der Waals surface area contributed by atoms with E-state index in [-0.39, 0.29) is 24.9 Å². The zero-order valence-corrected chi connectivity index (χ0v) is 14.8. The Balaban J connectivity index is 2.00. The summed E-state index contributed by atoms with van der Waals surface area (Å²) in [5.41, 5.74) is 2.23. The van der Waals surface area contributed by atoms with E-state index in [0.717, 1.165) is 0 Å². The number of anilines is 1. The fourth-order valence-electron chi connectivity index (χ4n) is 2.44. The van der Waals surface area contributed by atoms with Crippen molar-refractivity contribution in [3.05, 3.63) is 65.5 Å². The van der Waals surface area contributed by atoms with Gasteiger partial charge >= 0.3 is 0 Å². The second-order valence-corrected chi connectivity index (χ2v) is 6.29. The number of nitrogens with one attached hydrogen (secondary N) is 1. The normalized spacial score (nSPS) is 10.6. The highest BCUT2D eigenvalue weighted by Gasteiger charge is 2.16. The van der Waals surface area contributed by atoms with Crippen molar-refractivity contribution >= 4 is 17.5 Å². The molecule has 0 aliphatic heterocycles. The van der Waals surface area contributed by atoms with Gasteiger partial charge in [-0.25, -0.2) is 4.39 Å². The summed E-state index contributed by atoms with van der Waals surface area (Å²) in [7, 11) is 0. The smallest absolute Gasteiger partial charge is 0.244 e. The second kappa shape index (κ2) is 8.42. The third-order valence-corrected chi connectivity index (χ3v) is 3.96. The lowest BCUT2D eigenvalue weighted by molar-refractivity contribution is -0.133. The SMILES string of the molecule is CC(=O)N(CC(=O)Nc1ccc(C(C)C)cc1)Cc1ccccc1F. The molecule has 0 unspecified atom stereocenters. The van der Waals surface area contributed by atoms with Gasteiger partial charge in [0.25, 0.3) is 0 Å². The summed E-state index contributed by atoms with van der Waals surface area (Å²) in [6.45, 7) is 5.49. The monoisotopic (exact) mass is 342 g/mol. The van der Waals surface area contributed by atoms with Crippen LogP contribution >= 0.6 is 0 Å². The van der Waals surface area contributed by atoms with Gasteiger partial charge in [-0.3, -0.25) is 9.59 Å². The van der Waals surface area contributed by atoms with Crippen molar-refractivity contribution < 1.29 is 14.0 Å². The lowest BCUT2D eigenvalue weighted by Crippen LogP contribution is -2.36. The van der Waals surface area contributed by atoms with Gasteiger partial charge in [0.2, 0.25) is 11.8 Å². The number of carbonyl (C=O) groups excluding carboxylic acids is 2. The molecule has 0 bridgehead atoms. The Morgan fingerprint density at radius 3 is 2.28 bits per heavy atom. The summed E-state index contributed by atoms with van der Waals surface area (Å²) in [5, 5.41) is 2.77. The maximum Gasteiger partial charge on any atom is 0.244 e. The number of nitrogens with zero attached hydrogens (tertiary/aromatic N) is 1. The number of hydrogen-bond donors (Lipinski definition) is 1. The summed E-state index contributed by atoms with van der Waals surface area (Å²) in [6.07, 6.45) is 0. The quantitative estimate of drug-likeness (QED) is 0.864. The molecule has 0 radical (unpaired) electrons. The molecule has 0 heterocycles. The number of benzene rings is 2. The van der Waals surface area contributed by atoms with Crippen molar-refractivity contribution in [2.24, 2.45) is 0 Å². The van der Waals surface area contributed by atoms with Gasteiger partial charge in [0.1, 0.15) is 12.4 Å². The molecule has 5 heteroatoms. The number of rotatable bonds is 6. The lowest BCUT2D eigenvalue weighted by atomic mass is 10.0. The highest BCUT2D eigenvalue weighted by molar-refractivity contribution is 5.94. The summed E-state index contributed by atoms with van der Waals surface area (Å²) in [5.74, 6) is -0.574. The maximum absolute atomic E-state index is 13.8. The molecule has 0 saturated carbocycles. The zero-order valence-electron chi connectivity index (χ0n) is 14.8. The molecule has 132 valence electrons. The minimum atomic E-state index is -0.390. The summed E-state index contributed by atoms with van der Waals surface area (Å²) in [6, 6.07) is 13.8. The average molecular weight is 342 g/mol. The predicted molar refractivity (Wildman–Crippen MR) is 96.7 cm³/mol. The van der Waals surface area contributed by atoms with E-state index in [1.807, 2.05) is 24.3 Å². The molecule has 2 rings (SSSR count). The van der Waals surface area contributed by atoms with Crippen LogP contribution in [0, 0.1) is 5.82 Å². The fraction of sp³-hybridized carbons (Fsp3) is 0.300. The third kappa shape index (κ3) is 5.41. The summed E-state index contributed by atoms with van der Waals surface area (Å²) < 4.78 is 13.8. The number of carbonyl (C=O) groups is 2. The number of halogens is 1. The number of amides is 2. The van der Waals surface area contributed by atoms with Crippen LogP contribution in [0.1, 0.15) is 37.8 Å². The molecule has 4 nitrogen and oxygen atoms in total. The van der Waals surface area contributed by atoms with Crippen LogP contribution in [-0.4, -0.2) is 23.3 Å². The van der Waals surface area contributed by atoms with E-state index in [0.29, 0.717) is 17.2 Å². The van der Waals surface area contributed by atoms with Crippen LogP contribution in [0.25, 0.3) is 0 Å². The van der Waals surface area contributed by atoms with Gasteiger partial charge in [0, 0.05) is 24.7 Å². The van der Waals surface area contributed by atoms with E-state index in [9.17, 15) is 14.0 Å². The summed E-state index contributed by atoms with van der Waals surface area (Å²) >= 11 is 0. The first kappa shape index (κ1) is 18.6. The highest BCUT2D eigenvalue weighted by atomic mass is 19.1. The Hall–Kier alpha value is -2.69. The Morgan fingerprint density at radius 2 is 1.72 bits per heavy atom. The molecule has 0 spiro atoms. The first-order valence-electron chi connectivity index (χ1n) is 8.25. The first-order chi connectivity index (χ1) is 11.9. The molecule has 2 aromatic rings. The van der Waals surface area contributed by atoms with Crippen molar-refractivity contribution in [3.8, 4) is 0 Å². The molecule has 25 heavy (non-hydrogen) atoms. The van der Waals surface area contributed by atoms with Crippen molar-refractivity contribution in [3.63, 3.8) is 0 Å². The van der Waals surface area contributed by atoms with Crippen LogP contribution in [0.4, 0.5) is 10.1 Å². The minimum absolute atomic E-state index is 0.0573. The van der Waals surface area contributed by atoms with Crippen molar-refractivity contribution in [2.75, 3.05) is 11.9 Å². The number of hydrogen-bond acceptors (Lipinski definition) is 2. The molecule has 0 saturated heterocycles. The molecule has 0 aromatic heterocycles.